The maximum Gasteiger partial charge on any atom is 0.342 e. The molecule has 1 fully saturated rings. The van der Waals surface area contributed by atoms with Crippen LogP contribution in [0.15, 0.2) is 46.1 Å². The lowest BCUT2D eigenvalue weighted by Gasteiger charge is -2.33. The van der Waals surface area contributed by atoms with Gasteiger partial charge in [-0.2, -0.15) is 8.42 Å². The number of para-hydroxylation sites is 1. The van der Waals surface area contributed by atoms with E-state index in [1.807, 2.05) is 40.0 Å². The number of likely N-dealkylation sites (tertiary alicyclic amines) is 1. The van der Waals surface area contributed by atoms with E-state index in [-0.39, 0.29) is 18.2 Å². The van der Waals surface area contributed by atoms with E-state index in [0.717, 1.165) is 33.8 Å². The predicted octanol–water partition coefficient (Wildman–Crippen LogP) is 2.77. The number of nitrogens with zero attached hydrogens (tertiary/aromatic N) is 6. The number of carbonyl (C=O) groups excluding carboxylic acids is 1. The van der Waals surface area contributed by atoms with Crippen molar-refractivity contribution in [3.05, 3.63) is 41.7 Å². The fourth-order valence-corrected chi connectivity index (χ4v) is 6.42. The first-order chi connectivity index (χ1) is 16.3. The molecule has 1 N–H and O–H groups in total. The normalized spacial score (nSPS) is 20.4. The van der Waals surface area contributed by atoms with Crippen LogP contribution in [-0.2, 0) is 21.5 Å². The van der Waals surface area contributed by atoms with E-state index in [1.165, 1.54) is 0 Å². The van der Waals surface area contributed by atoms with Crippen molar-refractivity contribution < 1.29 is 13.2 Å². The summed E-state index contributed by atoms with van der Waals surface area (Å²) in [5.74, 6) is 0.237. The number of fused-ring (bicyclic) bond motifs is 1. The summed E-state index contributed by atoms with van der Waals surface area (Å²) in [6.45, 7) is 5.27. The fraction of sp³-hybridized carbons (Fsp3) is 0.409. The van der Waals surface area contributed by atoms with Gasteiger partial charge in [-0.15, -0.1) is 20.8 Å². The Morgan fingerprint density at radius 1 is 1.26 bits per heavy atom. The number of aromatic nitrogens is 4. The molecule has 1 amide bonds. The minimum Gasteiger partial charge on any atom is -0.342 e. The number of rotatable bonds is 5. The molecule has 2 aromatic heterocycles. The van der Waals surface area contributed by atoms with Crippen molar-refractivity contribution in [2.24, 2.45) is 10.3 Å². The first-order valence-corrected chi connectivity index (χ1v) is 13.4. The summed E-state index contributed by atoms with van der Waals surface area (Å²) >= 11 is 1.59. The van der Waals surface area contributed by atoms with E-state index in [2.05, 4.69) is 24.4 Å². The second kappa shape index (κ2) is 8.91. The van der Waals surface area contributed by atoms with E-state index in [1.54, 1.807) is 25.2 Å². The van der Waals surface area contributed by atoms with E-state index in [9.17, 15) is 13.2 Å². The molecular formula is C22H25N7O3S2. The largest absolute Gasteiger partial charge is 0.342 e. The Morgan fingerprint density at radius 2 is 2.09 bits per heavy atom. The molecule has 1 unspecified atom stereocenters. The maximum absolute atomic E-state index is 13.0. The molecule has 10 nitrogen and oxygen atoms in total. The van der Waals surface area contributed by atoms with Gasteiger partial charge in [-0.25, -0.2) is 4.98 Å². The number of benzene rings is 1. The zero-order chi connectivity index (χ0) is 23.9. The van der Waals surface area contributed by atoms with Crippen LogP contribution in [0.25, 0.3) is 20.9 Å². The number of nitrogens with one attached hydrogen (secondary N) is 1. The van der Waals surface area contributed by atoms with E-state index < -0.39 is 10.2 Å². The van der Waals surface area contributed by atoms with E-state index >= 15 is 0 Å². The van der Waals surface area contributed by atoms with Crippen molar-refractivity contribution in [2.45, 2.75) is 39.7 Å². The zero-order valence-electron chi connectivity index (χ0n) is 18.9. The Kier molecular flexibility index (Phi) is 5.94. The van der Waals surface area contributed by atoms with Gasteiger partial charge in [0.25, 0.3) is 0 Å². The third-order valence-electron chi connectivity index (χ3n) is 6.13. The van der Waals surface area contributed by atoms with Crippen LogP contribution in [0.3, 0.4) is 0 Å². The molecule has 1 saturated heterocycles. The van der Waals surface area contributed by atoms with Gasteiger partial charge in [0.2, 0.25) is 5.91 Å². The smallest absolute Gasteiger partial charge is 0.342 e. The average molecular weight is 500 g/mol. The molecule has 3 aromatic rings. The van der Waals surface area contributed by atoms with E-state index in [4.69, 9.17) is 0 Å². The fourth-order valence-electron chi connectivity index (χ4n) is 4.48. The second-order valence-electron chi connectivity index (χ2n) is 8.69. The molecule has 178 valence electrons. The number of hydrogen-bond donors (Lipinski definition) is 1. The number of hydrogen-bond acceptors (Lipinski definition) is 7. The Hall–Kier alpha value is -3.12. The van der Waals surface area contributed by atoms with Crippen LogP contribution in [0.5, 0.6) is 0 Å². The molecule has 0 saturated carbocycles. The molecule has 0 radical (unpaired) electrons. The number of thiazole rings is 1. The lowest BCUT2D eigenvalue weighted by atomic mass is 9.97. The molecule has 4 heterocycles. The lowest BCUT2D eigenvalue weighted by Crippen LogP contribution is -2.42. The molecule has 5 rings (SSSR count). The van der Waals surface area contributed by atoms with Crippen molar-refractivity contribution in [1.82, 2.24) is 29.6 Å². The van der Waals surface area contributed by atoms with Crippen LogP contribution in [-0.4, -0.2) is 58.0 Å². The van der Waals surface area contributed by atoms with Crippen LogP contribution in [0, 0.1) is 5.92 Å². The number of carbonyl (C=O) groups is 1. The summed E-state index contributed by atoms with van der Waals surface area (Å²) in [4.78, 5) is 19.5. The third kappa shape index (κ3) is 4.73. The van der Waals surface area contributed by atoms with Crippen LogP contribution >= 0.6 is 11.3 Å². The minimum atomic E-state index is -3.71. The summed E-state index contributed by atoms with van der Waals surface area (Å²) in [5, 5.41) is 9.45. The van der Waals surface area contributed by atoms with Crippen molar-refractivity contribution in [2.75, 3.05) is 13.1 Å². The van der Waals surface area contributed by atoms with Gasteiger partial charge in [0.05, 0.1) is 28.5 Å². The van der Waals surface area contributed by atoms with Gasteiger partial charge in [0.15, 0.2) is 0 Å². The molecule has 2 aliphatic rings. The summed E-state index contributed by atoms with van der Waals surface area (Å²) in [6.07, 6.45) is 3.96. The number of amides is 1. The average Bonchev–Trinajstić information content (AvgIpc) is 3.42. The predicted molar refractivity (Wildman–Crippen MR) is 130 cm³/mol. The number of allylic oxidation sites excluding steroid dienone is 1. The van der Waals surface area contributed by atoms with Crippen molar-refractivity contribution in [3.8, 4) is 10.7 Å². The highest BCUT2D eigenvalue weighted by atomic mass is 32.2. The van der Waals surface area contributed by atoms with Gasteiger partial charge in [0, 0.05) is 30.9 Å². The van der Waals surface area contributed by atoms with Crippen molar-refractivity contribution in [3.63, 3.8) is 0 Å². The first-order valence-electron chi connectivity index (χ1n) is 11.1. The minimum absolute atomic E-state index is 0.0246. The zero-order valence-corrected chi connectivity index (χ0v) is 20.6. The molecule has 12 heteroatoms. The quantitative estimate of drug-likeness (QED) is 0.576. The molecular weight excluding hydrogens is 474 g/mol. The molecule has 0 aliphatic carbocycles. The van der Waals surface area contributed by atoms with Crippen LogP contribution < -0.4 is 4.72 Å². The van der Waals surface area contributed by atoms with Crippen molar-refractivity contribution in [1.29, 1.82) is 0 Å². The van der Waals surface area contributed by atoms with Gasteiger partial charge in [-0.05, 0) is 44.7 Å². The maximum atomic E-state index is 13.0. The highest BCUT2D eigenvalue weighted by molar-refractivity contribution is 7.88. The highest BCUT2D eigenvalue weighted by Crippen LogP contribution is 2.29. The van der Waals surface area contributed by atoms with Crippen LogP contribution in [0.1, 0.15) is 33.1 Å². The highest BCUT2D eigenvalue weighted by Gasteiger charge is 2.28. The van der Waals surface area contributed by atoms with Gasteiger partial charge in [-0.3, -0.25) is 14.2 Å². The molecule has 1 aromatic carbocycles. The molecule has 0 bridgehead atoms. The summed E-state index contributed by atoms with van der Waals surface area (Å²) < 4.78 is 32.4. The third-order valence-corrected chi connectivity index (χ3v) is 8.26. The van der Waals surface area contributed by atoms with Gasteiger partial charge in [0.1, 0.15) is 10.7 Å². The summed E-state index contributed by atoms with van der Waals surface area (Å²) in [7, 11) is -3.71. The van der Waals surface area contributed by atoms with Crippen LogP contribution in [0.2, 0.25) is 0 Å². The second-order valence-corrected chi connectivity index (χ2v) is 11.1. The lowest BCUT2D eigenvalue weighted by molar-refractivity contribution is -0.132. The number of piperidine rings is 1. The van der Waals surface area contributed by atoms with Crippen LogP contribution in [0.4, 0.5) is 0 Å². The molecule has 1 atom stereocenters. The SMILES string of the molecule is CC1=NS(=O)(=O)NC(C)=C1CC(=O)N1CCCC(Cn2cc(-c3nc4ccccc4s3)nn2)C1. The van der Waals surface area contributed by atoms with Gasteiger partial charge >= 0.3 is 10.2 Å². The standard InChI is InChI=1S/C22H25N7O3S2/c1-14-17(15(2)26-34(31,32)25-14)10-21(30)28-9-5-6-16(11-28)12-29-13-19(24-27-29)22-23-18-7-3-4-8-20(18)33-22/h3-4,7-8,13,16,25H,5-6,9-12H2,1-2H3. The molecule has 0 spiro atoms. The Morgan fingerprint density at radius 3 is 2.88 bits per heavy atom. The Balaban J connectivity index is 1.23. The summed E-state index contributed by atoms with van der Waals surface area (Å²) in [6, 6.07) is 8.00. The summed E-state index contributed by atoms with van der Waals surface area (Å²) in [5.41, 5.74) is 3.16. The van der Waals surface area contributed by atoms with Gasteiger partial charge < -0.3 is 4.90 Å². The first kappa shape index (κ1) is 22.7. The topological polar surface area (TPSA) is 122 Å². The molecule has 2 aliphatic heterocycles. The monoisotopic (exact) mass is 499 g/mol. The van der Waals surface area contributed by atoms with Gasteiger partial charge in [-0.1, -0.05) is 17.3 Å². The van der Waals surface area contributed by atoms with Crippen molar-refractivity contribution >= 4 is 43.4 Å². The Bertz CT molecular complexity index is 1390. The Labute approximate surface area is 201 Å². The van der Waals surface area contributed by atoms with E-state index in [0.29, 0.717) is 36.6 Å². The molecule has 34 heavy (non-hydrogen) atoms.